The standard InChI is InChI=1S/C18H19N3O2S/c1-2-22-15-5-3-13(4-6-15)18-19-17(23-20-18)12-21-9-7-16-14(11-21)8-10-24-16/h3-6,8,10H,2,7,9,11-12H2,1H3. The van der Waals surface area contributed by atoms with E-state index in [0.717, 1.165) is 30.8 Å². The lowest BCUT2D eigenvalue weighted by molar-refractivity contribution is 0.212. The molecule has 0 unspecified atom stereocenters. The molecular formula is C18H19N3O2S. The number of benzene rings is 1. The highest BCUT2D eigenvalue weighted by Gasteiger charge is 2.19. The molecule has 0 amide bonds. The first kappa shape index (κ1) is 15.4. The molecule has 2 aromatic heterocycles. The Kier molecular flexibility index (Phi) is 4.32. The monoisotopic (exact) mass is 341 g/mol. The molecule has 1 aliphatic rings. The molecule has 3 aromatic rings. The second-order valence-electron chi connectivity index (χ2n) is 5.80. The van der Waals surface area contributed by atoms with Gasteiger partial charge in [0.2, 0.25) is 11.7 Å². The summed E-state index contributed by atoms with van der Waals surface area (Å²) >= 11 is 1.85. The van der Waals surface area contributed by atoms with Crippen LogP contribution in [0, 0.1) is 0 Å². The van der Waals surface area contributed by atoms with Gasteiger partial charge >= 0.3 is 0 Å². The van der Waals surface area contributed by atoms with Crippen LogP contribution < -0.4 is 4.74 Å². The van der Waals surface area contributed by atoms with Gasteiger partial charge in [0.15, 0.2) is 0 Å². The zero-order chi connectivity index (χ0) is 16.4. The summed E-state index contributed by atoms with van der Waals surface area (Å²) in [6.45, 7) is 5.32. The topological polar surface area (TPSA) is 51.4 Å². The third kappa shape index (κ3) is 3.20. The zero-order valence-electron chi connectivity index (χ0n) is 13.6. The second-order valence-corrected chi connectivity index (χ2v) is 6.80. The third-order valence-electron chi connectivity index (χ3n) is 4.14. The van der Waals surface area contributed by atoms with Crippen LogP contribution in [-0.4, -0.2) is 28.2 Å². The molecular weight excluding hydrogens is 322 g/mol. The van der Waals surface area contributed by atoms with E-state index in [1.807, 2.05) is 42.5 Å². The molecule has 24 heavy (non-hydrogen) atoms. The summed E-state index contributed by atoms with van der Waals surface area (Å²) in [7, 11) is 0. The van der Waals surface area contributed by atoms with Crippen molar-refractivity contribution in [3.8, 4) is 17.1 Å². The van der Waals surface area contributed by atoms with Gasteiger partial charge in [-0.2, -0.15) is 4.98 Å². The van der Waals surface area contributed by atoms with Crippen molar-refractivity contribution in [2.45, 2.75) is 26.4 Å². The average molecular weight is 341 g/mol. The van der Waals surface area contributed by atoms with Crippen LogP contribution in [0.3, 0.4) is 0 Å². The van der Waals surface area contributed by atoms with E-state index in [-0.39, 0.29) is 0 Å². The number of hydrogen-bond donors (Lipinski definition) is 0. The summed E-state index contributed by atoms with van der Waals surface area (Å²) in [5, 5.41) is 6.28. The van der Waals surface area contributed by atoms with Crippen LogP contribution in [0.4, 0.5) is 0 Å². The van der Waals surface area contributed by atoms with Crippen molar-refractivity contribution in [3.05, 3.63) is 52.0 Å². The van der Waals surface area contributed by atoms with Crippen molar-refractivity contribution in [2.24, 2.45) is 0 Å². The van der Waals surface area contributed by atoms with Crippen molar-refractivity contribution < 1.29 is 9.26 Å². The average Bonchev–Trinajstić information content (AvgIpc) is 3.25. The van der Waals surface area contributed by atoms with Gasteiger partial charge in [-0.1, -0.05) is 5.16 Å². The van der Waals surface area contributed by atoms with Crippen molar-refractivity contribution in [1.29, 1.82) is 0 Å². The smallest absolute Gasteiger partial charge is 0.241 e. The van der Waals surface area contributed by atoms with Gasteiger partial charge in [-0.3, -0.25) is 4.90 Å². The van der Waals surface area contributed by atoms with E-state index in [4.69, 9.17) is 9.26 Å². The fraction of sp³-hybridized carbons (Fsp3) is 0.333. The summed E-state index contributed by atoms with van der Waals surface area (Å²) in [4.78, 5) is 8.39. The number of hydrogen-bond acceptors (Lipinski definition) is 6. The predicted molar refractivity (Wildman–Crippen MR) is 93.0 cm³/mol. The van der Waals surface area contributed by atoms with E-state index in [9.17, 15) is 0 Å². The van der Waals surface area contributed by atoms with Gasteiger partial charge in [-0.15, -0.1) is 11.3 Å². The molecule has 0 spiro atoms. The molecule has 4 rings (SSSR count). The van der Waals surface area contributed by atoms with Gasteiger partial charge in [-0.25, -0.2) is 0 Å². The maximum absolute atomic E-state index is 5.45. The number of rotatable bonds is 5. The molecule has 0 radical (unpaired) electrons. The van der Waals surface area contributed by atoms with E-state index in [1.165, 1.54) is 10.4 Å². The lowest BCUT2D eigenvalue weighted by Gasteiger charge is -2.24. The van der Waals surface area contributed by atoms with Crippen LogP contribution in [-0.2, 0) is 19.5 Å². The Balaban J connectivity index is 1.43. The molecule has 0 saturated carbocycles. The molecule has 124 valence electrons. The van der Waals surface area contributed by atoms with Gasteiger partial charge in [0.25, 0.3) is 0 Å². The van der Waals surface area contributed by atoms with E-state index in [2.05, 4.69) is 26.5 Å². The highest BCUT2D eigenvalue weighted by atomic mass is 32.1. The van der Waals surface area contributed by atoms with Gasteiger partial charge in [-0.05, 0) is 54.6 Å². The van der Waals surface area contributed by atoms with Crippen molar-refractivity contribution in [3.63, 3.8) is 0 Å². The molecule has 1 aliphatic heterocycles. The van der Waals surface area contributed by atoms with Gasteiger partial charge in [0.05, 0.1) is 13.2 Å². The first-order chi connectivity index (χ1) is 11.8. The highest BCUT2D eigenvalue weighted by Crippen LogP contribution is 2.25. The van der Waals surface area contributed by atoms with Crippen molar-refractivity contribution in [2.75, 3.05) is 13.2 Å². The van der Waals surface area contributed by atoms with Gasteiger partial charge in [0.1, 0.15) is 5.75 Å². The minimum Gasteiger partial charge on any atom is -0.494 e. The molecule has 5 nitrogen and oxygen atoms in total. The highest BCUT2D eigenvalue weighted by molar-refractivity contribution is 7.10. The van der Waals surface area contributed by atoms with Crippen LogP contribution in [0.15, 0.2) is 40.2 Å². The lowest BCUT2D eigenvalue weighted by Crippen LogP contribution is -2.29. The van der Waals surface area contributed by atoms with Crippen LogP contribution in [0.5, 0.6) is 5.75 Å². The van der Waals surface area contributed by atoms with E-state index >= 15 is 0 Å². The third-order valence-corrected chi connectivity index (χ3v) is 5.16. The van der Waals surface area contributed by atoms with Crippen molar-refractivity contribution >= 4 is 11.3 Å². The minimum absolute atomic E-state index is 0.626. The Labute approximate surface area is 144 Å². The zero-order valence-corrected chi connectivity index (χ0v) is 14.4. The summed E-state index contributed by atoms with van der Waals surface area (Å²) in [6.07, 6.45) is 1.10. The summed E-state index contributed by atoms with van der Waals surface area (Å²) in [5.74, 6) is 2.14. The molecule has 0 atom stereocenters. The first-order valence-electron chi connectivity index (χ1n) is 8.15. The van der Waals surface area contributed by atoms with E-state index < -0.39 is 0 Å². The maximum Gasteiger partial charge on any atom is 0.241 e. The number of ether oxygens (including phenoxy) is 1. The SMILES string of the molecule is CCOc1ccc(-c2noc(CN3CCc4sccc4C3)n2)cc1. The van der Waals surface area contributed by atoms with Gasteiger partial charge < -0.3 is 9.26 Å². The maximum atomic E-state index is 5.45. The fourth-order valence-electron chi connectivity index (χ4n) is 2.94. The Hall–Kier alpha value is -2.18. The van der Waals surface area contributed by atoms with Crippen LogP contribution in [0.1, 0.15) is 23.3 Å². The van der Waals surface area contributed by atoms with Crippen molar-refractivity contribution in [1.82, 2.24) is 15.0 Å². The molecule has 0 N–H and O–H groups in total. The predicted octanol–water partition coefficient (Wildman–Crippen LogP) is 3.76. The Bertz CT molecular complexity index is 810. The summed E-state index contributed by atoms with van der Waals surface area (Å²) in [6, 6.07) is 9.98. The Morgan fingerprint density at radius 3 is 2.96 bits per heavy atom. The van der Waals surface area contributed by atoms with E-state index in [0.29, 0.717) is 24.9 Å². The molecule has 0 aliphatic carbocycles. The number of thiophene rings is 1. The quantitative estimate of drug-likeness (QED) is 0.707. The molecule has 3 heterocycles. The molecule has 0 bridgehead atoms. The number of nitrogens with zero attached hydrogens (tertiary/aromatic N) is 3. The molecule has 1 aromatic carbocycles. The van der Waals surface area contributed by atoms with Gasteiger partial charge in [0, 0.05) is 23.5 Å². The van der Waals surface area contributed by atoms with E-state index in [1.54, 1.807) is 0 Å². The Morgan fingerprint density at radius 1 is 1.25 bits per heavy atom. The lowest BCUT2D eigenvalue weighted by atomic mass is 10.1. The summed E-state index contributed by atoms with van der Waals surface area (Å²) < 4.78 is 10.9. The fourth-order valence-corrected chi connectivity index (χ4v) is 3.83. The molecule has 0 saturated heterocycles. The summed E-state index contributed by atoms with van der Waals surface area (Å²) in [5.41, 5.74) is 2.37. The second kappa shape index (κ2) is 6.75. The van der Waals surface area contributed by atoms with Crippen LogP contribution >= 0.6 is 11.3 Å². The molecule has 6 heteroatoms. The van der Waals surface area contributed by atoms with Crippen LogP contribution in [0.25, 0.3) is 11.4 Å². The normalized spacial score (nSPS) is 14.5. The first-order valence-corrected chi connectivity index (χ1v) is 9.03. The molecule has 0 fully saturated rings. The largest absolute Gasteiger partial charge is 0.494 e. The Morgan fingerprint density at radius 2 is 2.12 bits per heavy atom. The number of fused-ring (bicyclic) bond motifs is 1. The van der Waals surface area contributed by atoms with Crippen LogP contribution in [0.2, 0.25) is 0 Å². The number of aromatic nitrogens is 2. The minimum atomic E-state index is 0.626.